The lowest BCUT2D eigenvalue weighted by atomic mass is 9.93. The SMILES string of the molecule is CC(=O)Nc1ccc(-c2ccc3c(c2)C(N)CCN3C(C)=O)cc1. The van der Waals surface area contributed by atoms with Crippen LogP contribution in [0, 0.1) is 0 Å². The number of benzene rings is 2. The molecule has 2 amide bonds. The van der Waals surface area contributed by atoms with Crippen LogP contribution in [0.5, 0.6) is 0 Å². The fourth-order valence-corrected chi connectivity index (χ4v) is 3.10. The zero-order chi connectivity index (χ0) is 17.3. The van der Waals surface area contributed by atoms with Crippen LogP contribution in [0.3, 0.4) is 0 Å². The molecule has 1 aliphatic rings. The number of hydrogen-bond donors (Lipinski definition) is 2. The molecule has 0 saturated heterocycles. The largest absolute Gasteiger partial charge is 0.326 e. The summed E-state index contributed by atoms with van der Waals surface area (Å²) in [7, 11) is 0. The normalized spacial score (nSPS) is 16.5. The molecule has 124 valence electrons. The van der Waals surface area contributed by atoms with Crippen LogP contribution >= 0.6 is 0 Å². The maximum atomic E-state index is 11.8. The van der Waals surface area contributed by atoms with Gasteiger partial charge in [0.2, 0.25) is 11.8 Å². The van der Waals surface area contributed by atoms with Crippen LogP contribution in [0.2, 0.25) is 0 Å². The van der Waals surface area contributed by atoms with Gasteiger partial charge in [-0.1, -0.05) is 18.2 Å². The first kappa shape index (κ1) is 16.2. The second-order valence-corrected chi connectivity index (χ2v) is 6.10. The molecule has 1 unspecified atom stereocenters. The van der Waals surface area contributed by atoms with Crippen molar-refractivity contribution in [1.82, 2.24) is 0 Å². The van der Waals surface area contributed by atoms with Gasteiger partial charge < -0.3 is 16.0 Å². The summed E-state index contributed by atoms with van der Waals surface area (Å²) < 4.78 is 0. The van der Waals surface area contributed by atoms with Crippen molar-refractivity contribution in [1.29, 1.82) is 0 Å². The molecule has 5 heteroatoms. The highest BCUT2D eigenvalue weighted by molar-refractivity contribution is 5.93. The molecule has 3 N–H and O–H groups in total. The van der Waals surface area contributed by atoms with Gasteiger partial charge in [-0.05, 0) is 47.4 Å². The van der Waals surface area contributed by atoms with E-state index in [1.165, 1.54) is 6.92 Å². The van der Waals surface area contributed by atoms with Crippen molar-refractivity contribution in [3.05, 3.63) is 48.0 Å². The molecule has 0 fully saturated rings. The number of nitrogens with one attached hydrogen (secondary N) is 1. The minimum absolute atomic E-state index is 0.0376. The Bertz CT molecular complexity index is 784. The fourth-order valence-electron chi connectivity index (χ4n) is 3.10. The first-order valence-electron chi connectivity index (χ1n) is 8.01. The number of nitrogens with two attached hydrogens (primary N) is 1. The van der Waals surface area contributed by atoms with Gasteiger partial charge in [-0.15, -0.1) is 0 Å². The van der Waals surface area contributed by atoms with Gasteiger partial charge in [0.05, 0.1) is 0 Å². The highest BCUT2D eigenvalue weighted by atomic mass is 16.2. The highest BCUT2D eigenvalue weighted by Gasteiger charge is 2.25. The summed E-state index contributed by atoms with van der Waals surface area (Å²) in [5, 5.41) is 2.76. The number of nitrogens with zero attached hydrogens (tertiary/aromatic N) is 1. The summed E-state index contributed by atoms with van der Waals surface area (Å²) in [6.45, 7) is 3.73. The first-order valence-corrected chi connectivity index (χ1v) is 8.01. The number of carbonyl (C=O) groups excluding carboxylic acids is 2. The molecule has 1 atom stereocenters. The molecule has 0 saturated carbocycles. The van der Waals surface area contributed by atoms with Gasteiger partial charge in [0.1, 0.15) is 0 Å². The molecule has 0 radical (unpaired) electrons. The van der Waals surface area contributed by atoms with Gasteiger partial charge in [0.15, 0.2) is 0 Å². The second-order valence-electron chi connectivity index (χ2n) is 6.10. The molecule has 0 bridgehead atoms. The minimum atomic E-state index is -0.0909. The third-order valence-corrected chi connectivity index (χ3v) is 4.30. The van der Waals surface area contributed by atoms with E-state index in [4.69, 9.17) is 5.73 Å². The van der Waals surface area contributed by atoms with Crippen molar-refractivity contribution in [3.8, 4) is 11.1 Å². The molecule has 1 aliphatic heterocycles. The maximum Gasteiger partial charge on any atom is 0.223 e. The molecule has 2 aromatic carbocycles. The Morgan fingerprint density at radius 1 is 1.08 bits per heavy atom. The van der Waals surface area contributed by atoms with E-state index in [9.17, 15) is 9.59 Å². The van der Waals surface area contributed by atoms with Crippen LogP contribution in [0.1, 0.15) is 31.9 Å². The van der Waals surface area contributed by atoms with Gasteiger partial charge in [-0.3, -0.25) is 9.59 Å². The maximum absolute atomic E-state index is 11.8. The number of hydrogen-bond acceptors (Lipinski definition) is 3. The van der Waals surface area contributed by atoms with Crippen molar-refractivity contribution in [3.63, 3.8) is 0 Å². The molecule has 0 aliphatic carbocycles. The zero-order valence-corrected chi connectivity index (χ0v) is 13.9. The van der Waals surface area contributed by atoms with Gasteiger partial charge >= 0.3 is 0 Å². The van der Waals surface area contributed by atoms with Gasteiger partial charge in [-0.2, -0.15) is 0 Å². The fraction of sp³-hybridized carbons (Fsp3) is 0.263. The van der Waals surface area contributed by atoms with E-state index in [-0.39, 0.29) is 17.9 Å². The molecule has 1 heterocycles. The average molecular weight is 323 g/mol. The first-order chi connectivity index (χ1) is 11.5. The van der Waals surface area contributed by atoms with Crippen LogP contribution in [-0.2, 0) is 9.59 Å². The van der Waals surface area contributed by atoms with Crippen LogP contribution in [0.4, 0.5) is 11.4 Å². The van der Waals surface area contributed by atoms with Gasteiger partial charge in [0, 0.05) is 37.8 Å². The van der Waals surface area contributed by atoms with Crippen molar-refractivity contribution in [2.75, 3.05) is 16.8 Å². The number of amides is 2. The Morgan fingerprint density at radius 3 is 2.38 bits per heavy atom. The topological polar surface area (TPSA) is 75.4 Å². The molecule has 24 heavy (non-hydrogen) atoms. The zero-order valence-electron chi connectivity index (χ0n) is 13.9. The molecule has 0 aromatic heterocycles. The lowest BCUT2D eigenvalue weighted by Gasteiger charge is -2.32. The Morgan fingerprint density at radius 2 is 1.75 bits per heavy atom. The van der Waals surface area contributed by atoms with Crippen LogP contribution < -0.4 is 16.0 Å². The van der Waals surface area contributed by atoms with Crippen molar-refractivity contribution in [2.24, 2.45) is 5.73 Å². The van der Waals surface area contributed by atoms with E-state index in [0.29, 0.717) is 6.54 Å². The number of rotatable bonds is 2. The highest BCUT2D eigenvalue weighted by Crippen LogP contribution is 2.36. The van der Waals surface area contributed by atoms with Crippen LogP contribution in [-0.4, -0.2) is 18.4 Å². The predicted octanol–water partition coefficient (Wildman–Crippen LogP) is 3.07. The van der Waals surface area contributed by atoms with Gasteiger partial charge in [0.25, 0.3) is 0 Å². The number of anilines is 2. The minimum Gasteiger partial charge on any atom is -0.326 e. The molecular formula is C19H21N3O2. The third-order valence-electron chi connectivity index (χ3n) is 4.30. The van der Waals surface area contributed by atoms with Crippen molar-refractivity contribution < 1.29 is 9.59 Å². The third kappa shape index (κ3) is 3.16. The number of fused-ring (bicyclic) bond motifs is 1. The summed E-state index contributed by atoms with van der Waals surface area (Å²) in [5.74, 6) is -0.0533. The molecule has 2 aromatic rings. The molecule has 5 nitrogen and oxygen atoms in total. The molecule has 3 rings (SSSR count). The van der Waals surface area contributed by atoms with Crippen LogP contribution in [0.25, 0.3) is 11.1 Å². The molecule has 0 spiro atoms. The monoisotopic (exact) mass is 323 g/mol. The Labute approximate surface area is 141 Å². The Kier molecular flexibility index (Phi) is 4.36. The van der Waals surface area contributed by atoms with Gasteiger partial charge in [-0.25, -0.2) is 0 Å². The second kappa shape index (κ2) is 6.45. The van der Waals surface area contributed by atoms with Crippen molar-refractivity contribution in [2.45, 2.75) is 26.3 Å². The smallest absolute Gasteiger partial charge is 0.223 e. The predicted molar refractivity (Wildman–Crippen MR) is 95.8 cm³/mol. The van der Waals surface area contributed by atoms with E-state index in [2.05, 4.69) is 11.4 Å². The number of carbonyl (C=O) groups is 2. The van der Waals surface area contributed by atoms with Crippen LogP contribution in [0.15, 0.2) is 42.5 Å². The summed E-state index contributed by atoms with van der Waals surface area (Å²) in [5.41, 5.74) is 11.0. The average Bonchev–Trinajstić information content (AvgIpc) is 2.55. The summed E-state index contributed by atoms with van der Waals surface area (Å²) in [6, 6.07) is 13.6. The summed E-state index contributed by atoms with van der Waals surface area (Å²) in [6.07, 6.45) is 0.761. The van der Waals surface area contributed by atoms with E-state index in [1.807, 2.05) is 36.4 Å². The summed E-state index contributed by atoms with van der Waals surface area (Å²) in [4.78, 5) is 24.7. The lowest BCUT2D eigenvalue weighted by molar-refractivity contribution is -0.116. The summed E-state index contributed by atoms with van der Waals surface area (Å²) >= 11 is 0. The quantitative estimate of drug-likeness (QED) is 0.892. The lowest BCUT2D eigenvalue weighted by Crippen LogP contribution is -2.36. The van der Waals surface area contributed by atoms with E-state index >= 15 is 0 Å². The standard InChI is InChI=1S/C19H21N3O2/c1-12(23)21-16-6-3-14(4-7-16)15-5-8-19-17(11-15)18(20)9-10-22(19)13(2)24/h3-8,11,18H,9-10,20H2,1-2H3,(H,21,23). The van der Waals surface area contributed by atoms with E-state index in [0.717, 1.165) is 34.5 Å². The molecular weight excluding hydrogens is 302 g/mol. The Balaban J connectivity index is 1.94. The van der Waals surface area contributed by atoms with E-state index in [1.54, 1.807) is 11.8 Å². The Hall–Kier alpha value is -2.66. The van der Waals surface area contributed by atoms with Crippen molar-refractivity contribution >= 4 is 23.2 Å². The van der Waals surface area contributed by atoms with E-state index < -0.39 is 0 Å².